The molecule has 0 spiro atoms. The fourth-order valence-corrected chi connectivity index (χ4v) is 2.65. The average Bonchev–Trinajstić information content (AvgIpc) is 2.76. The molecule has 0 radical (unpaired) electrons. The predicted molar refractivity (Wildman–Crippen MR) is 80.4 cm³/mol. The van der Waals surface area contributed by atoms with Crippen molar-refractivity contribution >= 4 is 11.6 Å². The lowest BCUT2D eigenvalue weighted by atomic mass is 10.1. The van der Waals surface area contributed by atoms with E-state index in [2.05, 4.69) is 4.98 Å². The van der Waals surface area contributed by atoms with Crippen LogP contribution in [0.2, 0.25) is 0 Å². The molecule has 0 aliphatic carbocycles. The Morgan fingerprint density at radius 3 is 2.77 bits per heavy atom. The van der Waals surface area contributed by atoms with Gasteiger partial charge in [-0.3, -0.25) is 19.9 Å². The van der Waals surface area contributed by atoms with Crippen LogP contribution in [-0.4, -0.2) is 27.3 Å². The van der Waals surface area contributed by atoms with E-state index in [1.54, 1.807) is 17.0 Å². The van der Waals surface area contributed by atoms with Gasteiger partial charge >= 0.3 is 0 Å². The van der Waals surface area contributed by atoms with Crippen LogP contribution in [0.15, 0.2) is 42.6 Å². The van der Waals surface area contributed by atoms with Gasteiger partial charge in [0.2, 0.25) is 0 Å². The molecule has 1 aliphatic rings. The summed E-state index contributed by atoms with van der Waals surface area (Å²) in [6.45, 7) is 0.982. The van der Waals surface area contributed by atoms with Gasteiger partial charge in [-0.1, -0.05) is 18.2 Å². The van der Waals surface area contributed by atoms with Gasteiger partial charge in [-0.15, -0.1) is 0 Å². The first kappa shape index (κ1) is 14.2. The molecule has 0 saturated heterocycles. The number of aryl methyl sites for hydroxylation is 1. The Labute approximate surface area is 127 Å². The van der Waals surface area contributed by atoms with Crippen LogP contribution >= 0.6 is 0 Å². The highest BCUT2D eigenvalue weighted by molar-refractivity contribution is 5.94. The number of rotatable bonds is 2. The third-order valence-electron chi connectivity index (χ3n) is 3.77. The lowest BCUT2D eigenvalue weighted by molar-refractivity contribution is -0.385. The Morgan fingerprint density at radius 2 is 2.05 bits per heavy atom. The summed E-state index contributed by atoms with van der Waals surface area (Å²) in [5.41, 5.74) is 2.20. The summed E-state index contributed by atoms with van der Waals surface area (Å²) in [6, 6.07) is 10.6. The molecule has 6 heteroatoms. The minimum atomic E-state index is -0.457. The van der Waals surface area contributed by atoms with Crippen molar-refractivity contribution in [3.63, 3.8) is 0 Å². The summed E-state index contributed by atoms with van der Waals surface area (Å²) < 4.78 is 0. The Bertz CT molecular complexity index is 716. The largest absolute Gasteiger partial charge is 0.334 e. The lowest BCUT2D eigenvalue weighted by Crippen LogP contribution is -2.30. The van der Waals surface area contributed by atoms with E-state index in [1.807, 2.05) is 18.2 Å². The number of carbonyl (C=O) groups excluding carboxylic acids is 1. The van der Waals surface area contributed by atoms with Crippen molar-refractivity contribution in [1.29, 1.82) is 0 Å². The van der Waals surface area contributed by atoms with Crippen LogP contribution in [0.1, 0.15) is 28.0 Å². The first-order valence-corrected chi connectivity index (χ1v) is 7.11. The zero-order valence-corrected chi connectivity index (χ0v) is 11.9. The second kappa shape index (κ2) is 5.93. The molecule has 0 unspecified atom stereocenters. The summed E-state index contributed by atoms with van der Waals surface area (Å²) in [5, 5.41) is 10.9. The van der Waals surface area contributed by atoms with Crippen LogP contribution < -0.4 is 0 Å². The standard InChI is InChI=1S/C16H15N3O3/c20-16(12-5-2-1-3-6-12)18-8-4-7-15-13(11-18)9-14(10-17-15)19(21)22/h1-3,5-6,9-10H,4,7-8,11H2. The van der Waals surface area contributed by atoms with Gasteiger partial charge in [0.25, 0.3) is 11.6 Å². The van der Waals surface area contributed by atoms with Crippen LogP contribution in [0, 0.1) is 10.1 Å². The first-order valence-electron chi connectivity index (χ1n) is 7.11. The molecule has 6 nitrogen and oxygen atoms in total. The van der Waals surface area contributed by atoms with Crippen molar-refractivity contribution < 1.29 is 9.72 Å². The van der Waals surface area contributed by atoms with E-state index in [1.165, 1.54) is 12.3 Å². The molecule has 3 rings (SSSR count). The van der Waals surface area contributed by atoms with E-state index in [0.717, 1.165) is 24.1 Å². The summed E-state index contributed by atoms with van der Waals surface area (Å²) >= 11 is 0. The molecule has 1 amide bonds. The zero-order valence-electron chi connectivity index (χ0n) is 11.9. The molecule has 112 valence electrons. The van der Waals surface area contributed by atoms with E-state index in [0.29, 0.717) is 18.7 Å². The Hall–Kier alpha value is -2.76. The fourth-order valence-electron chi connectivity index (χ4n) is 2.65. The Morgan fingerprint density at radius 1 is 1.27 bits per heavy atom. The maximum Gasteiger partial charge on any atom is 0.287 e. The Kier molecular flexibility index (Phi) is 3.82. The first-order chi connectivity index (χ1) is 10.6. The number of nitro groups is 1. The number of amides is 1. The fraction of sp³-hybridized carbons (Fsp3) is 0.250. The molecule has 1 aromatic heterocycles. The monoisotopic (exact) mass is 297 g/mol. The van der Waals surface area contributed by atoms with Crippen LogP contribution in [-0.2, 0) is 13.0 Å². The molecular formula is C16H15N3O3. The average molecular weight is 297 g/mol. The van der Waals surface area contributed by atoms with Crippen molar-refractivity contribution in [2.75, 3.05) is 6.54 Å². The third kappa shape index (κ3) is 2.81. The van der Waals surface area contributed by atoms with E-state index >= 15 is 0 Å². The van der Waals surface area contributed by atoms with Gasteiger partial charge in [-0.25, -0.2) is 0 Å². The smallest absolute Gasteiger partial charge is 0.287 e. The quantitative estimate of drug-likeness (QED) is 0.630. The molecule has 2 heterocycles. The SMILES string of the molecule is O=C(c1ccccc1)N1CCCc2ncc([N+](=O)[O-])cc2C1. The number of nitrogens with zero attached hydrogens (tertiary/aromatic N) is 3. The summed E-state index contributed by atoms with van der Waals surface area (Å²) in [5.74, 6) is -0.0556. The molecular weight excluding hydrogens is 282 g/mol. The number of carbonyl (C=O) groups is 1. The van der Waals surface area contributed by atoms with E-state index in [9.17, 15) is 14.9 Å². The molecule has 0 saturated carbocycles. The van der Waals surface area contributed by atoms with Crippen molar-refractivity contribution in [1.82, 2.24) is 9.88 Å². The number of fused-ring (bicyclic) bond motifs is 1. The highest BCUT2D eigenvalue weighted by Crippen LogP contribution is 2.22. The minimum absolute atomic E-state index is 0.0345. The van der Waals surface area contributed by atoms with Gasteiger partial charge in [0.15, 0.2) is 0 Å². The maximum absolute atomic E-state index is 12.6. The molecule has 0 bridgehead atoms. The van der Waals surface area contributed by atoms with Gasteiger partial charge in [0, 0.05) is 30.4 Å². The lowest BCUT2D eigenvalue weighted by Gasteiger charge is -2.20. The molecule has 22 heavy (non-hydrogen) atoms. The zero-order chi connectivity index (χ0) is 15.5. The highest BCUT2D eigenvalue weighted by atomic mass is 16.6. The summed E-state index contributed by atoms with van der Waals surface area (Å²) in [7, 11) is 0. The van der Waals surface area contributed by atoms with Crippen LogP contribution in [0.25, 0.3) is 0 Å². The maximum atomic E-state index is 12.6. The second-order valence-electron chi connectivity index (χ2n) is 5.25. The normalized spacial score (nSPS) is 14.1. The molecule has 1 aliphatic heterocycles. The molecule has 0 N–H and O–H groups in total. The highest BCUT2D eigenvalue weighted by Gasteiger charge is 2.22. The van der Waals surface area contributed by atoms with Gasteiger partial charge in [-0.05, 0) is 30.5 Å². The minimum Gasteiger partial charge on any atom is -0.334 e. The number of hydrogen-bond acceptors (Lipinski definition) is 4. The number of pyridine rings is 1. The van der Waals surface area contributed by atoms with Gasteiger partial charge in [0.05, 0.1) is 4.92 Å². The van der Waals surface area contributed by atoms with Crippen LogP contribution in [0.3, 0.4) is 0 Å². The van der Waals surface area contributed by atoms with E-state index in [-0.39, 0.29) is 11.6 Å². The number of benzene rings is 1. The molecule has 2 aromatic rings. The van der Waals surface area contributed by atoms with Gasteiger partial charge in [0.1, 0.15) is 6.20 Å². The van der Waals surface area contributed by atoms with Crippen molar-refractivity contribution in [2.45, 2.75) is 19.4 Å². The van der Waals surface area contributed by atoms with Crippen molar-refractivity contribution in [3.05, 3.63) is 69.5 Å². The third-order valence-corrected chi connectivity index (χ3v) is 3.77. The molecule has 1 aromatic carbocycles. The van der Waals surface area contributed by atoms with E-state index in [4.69, 9.17) is 0 Å². The van der Waals surface area contributed by atoms with E-state index < -0.39 is 4.92 Å². The van der Waals surface area contributed by atoms with Gasteiger partial charge < -0.3 is 4.90 Å². The van der Waals surface area contributed by atoms with Crippen molar-refractivity contribution in [2.24, 2.45) is 0 Å². The number of aromatic nitrogens is 1. The van der Waals surface area contributed by atoms with Gasteiger partial charge in [-0.2, -0.15) is 0 Å². The molecule has 0 fully saturated rings. The Balaban J connectivity index is 1.89. The second-order valence-corrected chi connectivity index (χ2v) is 5.25. The number of hydrogen-bond donors (Lipinski definition) is 0. The molecule has 0 atom stereocenters. The van der Waals surface area contributed by atoms with Crippen molar-refractivity contribution in [3.8, 4) is 0 Å². The van der Waals surface area contributed by atoms with Crippen LogP contribution in [0.4, 0.5) is 5.69 Å². The summed E-state index contributed by atoms with van der Waals surface area (Å²) in [6.07, 6.45) is 2.82. The topological polar surface area (TPSA) is 76.3 Å². The van der Waals surface area contributed by atoms with Crippen LogP contribution in [0.5, 0.6) is 0 Å². The predicted octanol–water partition coefficient (Wildman–Crippen LogP) is 2.58. The summed E-state index contributed by atoms with van der Waals surface area (Å²) in [4.78, 5) is 28.9.